The molecule has 0 fully saturated rings. The summed E-state index contributed by atoms with van der Waals surface area (Å²) in [4.78, 5) is 26.3. The van der Waals surface area contributed by atoms with E-state index in [2.05, 4.69) is 10.3 Å². The molecule has 1 rings (SSSR count). The van der Waals surface area contributed by atoms with Gasteiger partial charge < -0.3 is 9.57 Å². The number of ketones is 1. The molecule has 86 valence electrons. The van der Waals surface area contributed by atoms with Gasteiger partial charge in [0.15, 0.2) is 0 Å². The van der Waals surface area contributed by atoms with E-state index in [0.717, 1.165) is 0 Å². The van der Waals surface area contributed by atoms with Crippen LogP contribution in [0.2, 0.25) is 0 Å². The minimum atomic E-state index is -0.615. The first kappa shape index (κ1) is 12.0. The van der Waals surface area contributed by atoms with Gasteiger partial charge in [-0.3, -0.25) is 4.79 Å². The van der Waals surface area contributed by atoms with Gasteiger partial charge in [-0.25, -0.2) is 10.3 Å². The van der Waals surface area contributed by atoms with Crippen molar-refractivity contribution >= 4 is 17.4 Å². The second kappa shape index (κ2) is 5.75. The summed E-state index contributed by atoms with van der Waals surface area (Å²) in [5.41, 5.74) is 3.02. The summed E-state index contributed by atoms with van der Waals surface area (Å²) in [5.74, 6) is -0.208. The van der Waals surface area contributed by atoms with Crippen LogP contribution in [0.4, 0.5) is 5.69 Å². The Morgan fingerprint density at radius 1 is 1.38 bits per heavy atom. The largest absolute Gasteiger partial charge is 0.497 e. The summed E-state index contributed by atoms with van der Waals surface area (Å²) in [6.07, 6.45) is -0.239. The summed E-state index contributed by atoms with van der Waals surface area (Å²) in [7, 11) is 1.54. The molecule has 0 radical (unpaired) electrons. The number of rotatable bonds is 5. The van der Waals surface area contributed by atoms with Crippen LogP contribution >= 0.6 is 0 Å². The fourth-order valence-electron chi connectivity index (χ4n) is 1.04. The Balaban J connectivity index is 2.47. The molecule has 5 heteroatoms. The van der Waals surface area contributed by atoms with Crippen molar-refractivity contribution in [3.05, 3.63) is 24.3 Å². The van der Waals surface area contributed by atoms with Crippen LogP contribution in [0.15, 0.2) is 24.3 Å². The van der Waals surface area contributed by atoms with Gasteiger partial charge in [-0.2, -0.15) is 0 Å². The first-order valence-electron chi connectivity index (χ1n) is 4.71. The van der Waals surface area contributed by atoms with Gasteiger partial charge in [0.1, 0.15) is 18.0 Å². The Morgan fingerprint density at radius 3 is 2.75 bits per heavy atom. The van der Waals surface area contributed by atoms with Crippen LogP contribution in [-0.4, -0.2) is 18.9 Å². The van der Waals surface area contributed by atoms with Crippen LogP contribution in [0.3, 0.4) is 0 Å². The Labute approximate surface area is 93.3 Å². The molecular weight excluding hydrogens is 210 g/mol. The lowest BCUT2D eigenvalue weighted by Gasteiger charge is -2.07. The number of carbonyl (C=O) groups excluding carboxylic acids is 2. The van der Waals surface area contributed by atoms with E-state index in [1.165, 1.54) is 6.92 Å². The zero-order chi connectivity index (χ0) is 12.0. The average Bonchev–Trinajstić information content (AvgIpc) is 2.26. The van der Waals surface area contributed by atoms with E-state index >= 15 is 0 Å². The second-order valence-electron chi connectivity index (χ2n) is 3.19. The third-order valence-corrected chi connectivity index (χ3v) is 1.75. The summed E-state index contributed by atoms with van der Waals surface area (Å²) < 4.78 is 4.99. The maximum atomic E-state index is 11.0. The summed E-state index contributed by atoms with van der Waals surface area (Å²) in [5, 5.41) is 0. The first-order chi connectivity index (χ1) is 7.61. The molecule has 0 saturated heterocycles. The molecule has 0 aliphatic carbocycles. The van der Waals surface area contributed by atoms with E-state index in [4.69, 9.17) is 4.74 Å². The van der Waals surface area contributed by atoms with Gasteiger partial charge in [0.25, 0.3) is 0 Å². The van der Waals surface area contributed by atoms with Crippen molar-refractivity contribution in [3.63, 3.8) is 0 Å². The molecule has 0 unspecified atom stereocenters. The zero-order valence-corrected chi connectivity index (χ0v) is 9.15. The van der Waals surface area contributed by atoms with Gasteiger partial charge in [0, 0.05) is 6.07 Å². The fraction of sp³-hybridized carbons (Fsp3) is 0.273. The number of nitrogens with one attached hydrogen (secondary N) is 1. The van der Waals surface area contributed by atoms with Crippen molar-refractivity contribution in [1.82, 2.24) is 0 Å². The zero-order valence-electron chi connectivity index (χ0n) is 9.15. The second-order valence-corrected chi connectivity index (χ2v) is 3.19. The highest BCUT2D eigenvalue weighted by Gasteiger charge is 2.06. The number of Topliss-reactive ketones (excluding diaryl/α,β-unsaturated/α-hetero) is 1. The Hall–Kier alpha value is -2.04. The monoisotopic (exact) mass is 223 g/mol. The van der Waals surface area contributed by atoms with Gasteiger partial charge in [0.05, 0.1) is 12.8 Å². The van der Waals surface area contributed by atoms with E-state index < -0.39 is 5.97 Å². The lowest BCUT2D eigenvalue weighted by Crippen LogP contribution is -2.13. The molecule has 16 heavy (non-hydrogen) atoms. The van der Waals surface area contributed by atoms with E-state index in [9.17, 15) is 9.59 Å². The number of hydrogen-bond acceptors (Lipinski definition) is 5. The van der Waals surface area contributed by atoms with Crippen LogP contribution in [0.5, 0.6) is 5.75 Å². The van der Waals surface area contributed by atoms with Crippen LogP contribution in [0, 0.1) is 0 Å². The summed E-state index contributed by atoms with van der Waals surface area (Å²) in [6.45, 7) is 1.33. The third-order valence-electron chi connectivity index (χ3n) is 1.75. The predicted octanol–water partition coefficient (Wildman–Crippen LogP) is 1.54. The molecule has 0 aromatic heterocycles. The SMILES string of the molecule is COc1cccc(NOC(=O)CC(C)=O)c1. The Bertz CT molecular complexity index is 389. The lowest BCUT2D eigenvalue weighted by atomic mass is 10.3. The van der Waals surface area contributed by atoms with Crippen molar-refractivity contribution in [2.24, 2.45) is 0 Å². The standard InChI is InChI=1S/C11H13NO4/c1-8(13)6-11(14)16-12-9-4-3-5-10(7-9)15-2/h3-5,7,12H,6H2,1-2H3. The van der Waals surface area contributed by atoms with Gasteiger partial charge in [0.2, 0.25) is 0 Å². The molecule has 0 aliphatic rings. The Kier molecular flexibility index (Phi) is 4.32. The molecule has 0 bridgehead atoms. The molecule has 0 amide bonds. The van der Waals surface area contributed by atoms with Crippen molar-refractivity contribution in [1.29, 1.82) is 0 Å². The number of benzene rings is 1. The van der Waals surface area contributed by atoms with E-state index in [-0.39, 0.29) is 12.2 Å². The van der Waals surface area contributed by atoms with Gasteiger partial charge >= 0.3 is 5.97 Å². The van der Waals surface area contributed by atoms with E-state index in [1.54, 1.807) is 31.4 Å². The van der Waals surface area contributed by atoms with E-state index in [0.29, 0.717) is 11.4 Å². The highest BCUT2D eigenvalue weighted by atomic mass is 16.7. The summed E-state index contributed by atoms with van der Waals surface area (Å²) in [6, 6.07) is 6.90. The van der Waals surface area contributed by atoms with E-state index in [1.807, 2.05) is 0 Å². The fourth-order valence-corrected chi connectivity index (χ4v) is 1.04. The molecule has 1 aromatic rings. The average molecular weight is 223 g/mol. The summed E-state index contributed by atoms with van der Waals surface area (Å²) >= 11 is 0. The quantitative estimate of drug-likeness (QED) is 0.606. The molecule has 1 aromatic carbocycles. The van der Waals surface area contributed by atoms with Crippen molar-refractivity contribution < 1.29 is 19.2 Å². The topological polar surface area (TPSA) is 64.6 Å². The first-order valence-corrected chi connectivity index (χ1v) is 4.71. The van der Waals surface area contributed by atoms with Crippen LogP contribution < -0.4 is 10.2 Å². The molecular formula is C11H13NO4. The van der Waals surface area contributed by atoms with Crippen LogP contribution in [-0.2, 0) is 14.4 Å². The molecule has 0 atom stereocenters. The highest BCUT2D eigenvalue weighted by molar-refractivity contribution is 5.94. The molecule has 0 saturated carbocycles. The number of ether oxygens (including phenoxy) is 1. The molecule has 5 nitrogen and oxygen atoms in total. The molecule has 0 aliphatic heterocycles. The number of methoxy groups -OCH3 is 1. The van der Waals surface area contributed by atoms with Gasteiger partial charge in [-0.05, 0) is 19.1 Å². The maximum absolute atomic E-state index is 11.0. The molecule has 0 heterocycles. The highest BCUT2D eigenvalue weighted by Crippen LogP contribution is 2.16. The third kappa shape index (κ3) is 4.00. The minimum Gasteiger partial charge on any atom is -0.497 e. The smallest absolute Gasteiger partial charge is 0.339 e. The number of hydrogen-bond donors (Lipinski definition) is 1. The molecule has 0 spiro atoms. The predicted molar refractivity (Wildman–Crippen MR) is 58.0 cm³/mol. The van der Waals surface area contributed by atoms with Crippen LogP contribution in [0.1, 0.15) is 13.3 Å². The van der Waals surface area contributed by atoms with Crippen molar-refractivity contribution in [3.8, 4) is 5.75 Å². The van der Waals surface area contributed by atoms with Gasteiger partial charge in [-0.1, -0.05) is 6.07 Å². The Morgan fingerprint density at radius 2 is 2.12 bits per heavy atom. The maximum Gasteiger partial charge on any atom is 0.339 e. The van der Waals surface area contributed by atoms with Crippen LogP contribution in [0.25, 0.3) is 0 Å². The number of carbonyl (C=O) groups is 2. The lowest BCUT2D eigenvalue weighted by molar-refractivity contribution is -0.143. The van der Waals surface area contributed by atoms with Gasteiger partial charge in [-0.15, -0.1) is 0 Å². The minimum absolute atomic E-state index is 0.238. The van der Waals surface area contributed by atoms with Crippen molar-refractivity contribution in [2.45, 2.75) is 13.3 Å². The van der Waals surface area contributed by atoms with Crippen molar-refractivity contribution in [2.75, 3.05) is 12.6 Å². The normalized spacial score (nSPS) is 9.38. The number of anilines is 1. The molecule has 1 N–H and O–H groups in total.